The third kappa shape index (κ3) is 2.06. The SMILES string of the molecule is O=C(O)CC1CN(C(=O)N2CC3CCCC3C2)C1. The van der Waals surface area contributed by atoms with Crippen LogP contribution in [0.2, 0.25) is 0 Å². The third-order valence-corrected chi connectivity index (χ3v) is 4.69. The molecule has 1 N–H and O–H groups in total. The Morgan fingerprint density at radius 1 is 1.00 bits per heavy atom. The molecule has 0 aromatic rings. The normalized spacial score (nSPS) is 31.3. The van der Waals surface area contributed by atoms with Gasteiger partial charge in [0, 0.05) is 32.1 Å². The summed E-state index contributed by atoms with van der Waals surface area (Å²) in [6, 6.07) is 0.131. The van der Waals surface area contributed by atoms with E-state index in [1.807, 2.05) is 4.90 Å². The summed E-state index contributed by atoms with van der Waals surface area (Å²) in [5.74, 6) is 0.853. The highest BCUT2D eigenvalue weighted by molar-refractivity contribution is 5.76. The van der Waals surface area contributed by atoms with E-state index in [1.54, 1.807) is 4.90 Å². The molecule has 2 heterocycles. The molecule has 2 amide bonds. The summed E-state index contributed by atoms with van der Waals surface area (Å²) in [6.07, 6.45) is 4.06. The van der Waals surface area contributed by atoms with Crippen LogP contribution in [0.3, 0.4) is 0 Å². The lowest BCUT2D eigenvalue weighted by atomic mass is 9.97. The van der Waals surface area contributed by atoms with Gasteiger partial charge in [0.1, 0.15) is 0 Å². The van der Waals surface area contributed by atoms with Crippen LogP contribution in [0.5, 0.6) is 0 Å². The minimum atomic E-state index is -0.761. The van der Waals surface area contributed by atoms with Crippen LogP contribution in [-0.4, -0.2) is 53.1 Å². The predicted molar refractivity (Wildman–Crippen MR) is 65.1 cm³/mol. The van der Waals surface area contributed by atoms with Gasteiger partial charge in [0.05, 0.1) is 6.42 Å². The van der Waals surface area contributed by atoms with Crippen molar-refractivity contribution in [3.8, 4) is 0 Å². The van der Waals surface area contributed by atoms with Gasteiger partial charge in [-0.25, -0.2) is 4.79 Å². The molecule has 5 nitrogen and oxygen atoms in total. The lowest BCUT2D eigenvalue weighted by Gasteiger charge is -2.40. The van der Waals surface area contributed by atoms with Crippen molar-refractivity contribution in [2.24, 2.45) is 17.8 Å². The van der Waals surface area contributed by atoms with E-state index in [4.69, 9.17) is 5.11 Å². The molecule has 0 spiro atoms. The number of aliphatic carboxylic acids is 1. The summed E-state index contributed by atoms with van der Waals surface area (Å²) >= 11 is 0. The van der Waals surface area contributed by atoms with Crippen molar-refractivity contribution in [2.45, 2.75) is 25.7 Å². The Balaban J connectivity index is 1.47. The molecule has 0 radical (unpaired) electrons. The van der Waals surface area contributed by atoms with Crippen LogP contribution in [0.15, 0.2) is 0 Å². The van der Waals surface area contributed by atoms with Crippen LogP contribution in [0.1, 0.15) is 25.7 Å². The predicted octanol–water partition coefficient (Wildman–Crippen LogP) is 1.24. The van der Waals surface area contributed by atoms with Gasteiger partial charge in [0.25, 0.3) is 0 Å². The largest absolute Gasteiger partial charge is 0.481 e. The highest BCUT2D eigenvalue weighted by atomic mass is 16.4. The van der Waals surface area contributed by atoms with Crippen LogP contribution in [-0.2, 0) is 4.79 Å². The van der Waals surface area contributed by atoms with Crippen LogP contribution in [0, 0.1) is 17.8 Å². The second-order valence-electron chi connectivity index (χ2n) is 6.01. The first-order valence-corrected chi connectivity index (χ1v) is 6.89. The Labute approximate surface area is 107 Å². The summed E-state index contributed by atoms with van der Waals surface area (Å²) in [4.78, 5) is 26.5. The van der Waals surface area contributed by atoms with Crippen LogP contribution >= 0.6 is 0 Å². The molecule has 2 aliphatic heterocycles. The Kier molecular flexibility index (Phi) is 2.92. The number of likely N-dealkylation sites (tertiary alicyclic amines) is 2. The molecular formula is C13H20N2O3. The molecule has 100 valence electrons. The summed E-state index contributed by atoms with van der Waals surface area (Å²) in [5.41, 5.74) is 0. The first kappa shape index (κ1) is 11.8. The fourth-order valence-electron chi connectivity index (χ4n) is 3.69. The highest BCUT2D eigenvalue weighted by Crippen LogP contribution is 2.38. The Hall–Kier alpha value is -1.26. The Morgan fingerprint density at radius 3 is 2.11 bits per heavy atom. The maximum absolute atomic E-state index is 12.2. The number of hydrogen-bond donors (Lipinski definition) is 1. The molecule has 0 bridgehead atoms. The zero-order chi connectivity index (χ0) is 12.7. The smallest absolute Gasteiger partial charge is 0.320 e. The number of carbonyl (C=O) groups excluding carboxylic acids is 1. The minimum Gasteiger partial charge on any atom is -0.481 e. The molecule has 18 heavy (non-hydrogen) atoms. The summed E-state index contributed by atoms with van der Waals surface area (Å²) in [6.45, 7) is 3.08. The first-order chi connectivity index (χ1) is 8.63. The summed E-state index contributed by atoms with van der Waals surface area (Å²) in [5, 5.41) is 8.68. The molecule has 1 saturated carbocycles. The first-order valence-electron chi connectivity index (χ1n) is 6.89. The molecule has 5 heteroatoms. The van der Waals surface area contributed by atoms with Crippen LogP contribution in [0.4, 0.5) is 4.79 Å². The van der Waals surface area contributed by atoms with E-state index < -0.39 is 5.97 Å². The zero-order valence-electron chi connectivity index (χ0n) is 10.5. The molecular weight excluding hydrogens is 232 g/mol. The van der Waals surface area contributed by atoms with Crippen molar-refractivity contribution < 1.29 is 14.7 Å². The standard InChI is InChI=1S/C13H20N2O3/c16-12(17)4-9-5-14(6-9)13(18)15-7-10-2-1-3-11(10)8-15/h9-11H,1-8H2,(H,16,17). The van der Waals surface area contributed by atoms with Crippen molar-refractivity contribution in [2.75, 3.05) is 26.2 Å². The maximum atomic E-state index is 12.2. The Bertz CT molecular complexity index is 353. The molecule has 1 aliphatic carbocycles. The van der Waals surface area contributed by atoms with Crippen LogP contribution < -0.4 is 0 Å². The number of carboxylic acids is 1. The molecule has 3 aliphatic rings. The van der Waals surface area contributed by atoms with Gasteiger partial charge in [-0.05, 0) is 24.7 Å². The van der Waals surface area contributed by atoms with Gasteiger partial charge in [0.15, 0.2) is 0 Å². The second-order valence-corrected chi connectivity index (χ2v) is 6.01. The van der Waals surface area contributed by atoms with Crippen LogP contribution in [0.25, 0.3) is 0 Å². The van der Waals surface area contributed by atoms with E-state index in [9.17, 15) is 9.59 Å². The number of rotatable bonds is 2. The number of urea groups is 1. The second kappa shape index (κ2) is 4.44. The van der Waals surface area contributed by atoms with E-state index in [0.29, 0.717) is 13.1 Å². The van der Waals surface area contributed by atoms with Crippen molar-refractivity contribution in [1.82, 2.24) is 9.80 Å². The third-order valence-electron chi connectivity index (χ3n) is 4.69. The van der Waals surface area contributed by atoms with Gasteiger partial charge >= 0.3 is 12.0 Å². The van der Waals surface area contributed by atoms with Gasteiger partial charge in [-0.2, -0.15) is 0 Å². The molecule has 2 saturated heterocycles. The quantitative estimate of drug-likeness (QED) is 0.804. The minimum absolute atomic E-state index is 0.131. The number of carboxylic acid groups (broad SMARTS) is 1. The van der Waals surface area contributed by atoms with E-state index in [-0.39, 0.29) is 18.4 Å². The molecule has 0 aromatic heterocycles. The van der Waals surface area contributed by atoms with E-state index in [0.717, 1.165) is 24.9 Å². The lowest BCUT2D eigenvalue weighted by molar-refractivity contribution is -0.139. The number of nitrogens with zero attached hydrogens (tertiary/aromatic N) is 2. The van der Waals surface area contributed by atoms with Gasteiger partial charge in [0.2, 0.25) is 0 Å². The Morgan fingerprint density at radius 2 is 1.56 bits per heavy atom. The average molecular weight is 252 g/mol. The molecule has 3 rings (SSSR count). The fourth-order valence-corrected chi connectivity index (χ4v) is 3.69. The van der Waals surface area contributed by atoms with E-state index in [1.165, 1.54) is 19.3 Å². The molecule has 0 aromatic carbocycles. The topological polar surface area (TPSA) is 60.9 Å². The monoisotopic (exact) mass is 252 g/mol. The maximum Gasteiger partial charge on any atom is 0.320 e. The molecule has 3 fully saturated rings. The summed E-state index contributed by atoms with van der Waals surface area (Å²) in [7, 11) is 0. The molecule has 2 atom stereocenters. The molecule has 2 unspecified atom stereocenters. The van der Waals surface area contributed by atoms with Crippen molar-refractivity contribution >= 4 is 12.0 Å². The number of hydrogen-bond acceptors (Lipinski definition) is 2. The van der Waals surface area contributed by atoms with Crippen molar-refractivity contribution in [3.63, 3.8) is 0 Å². The number of carbonyl (C=O) groups is 2. The van der Waals surface area contributed by atoms with Crippen molar-refractivity contribution in [1.29, 1.82) is 0 Å². The highest BCUT2D eigenvalue weighted by Gasteiger charge is 2.41. The van der Waals surface area contributed by atoms with Gasteiger partial charge in [-0.15, -0.1) is 0 Å². The zero-order valence-corrected chi connectivity index (χ0v) is 10.5. The average Bonchev–Trinajstić information content (AvgIpc) is 2.80. The van der Waals surface area contributed by atoms with Crippen molar-refractivity contribution in [3.05, 3.63) is 0 Å². The van der Waals surface area contributed by atoms with E-state index in [2.05, 4.69) is 0 Å². The number of amides is 2. The van der Waals surface area contributed by atoms with Gasteiger partial charge in [-0.3, -0.25) is 4.79 Å². The fraction of sp³-hybridized carbons (Fsp3) is 0.846. The summed E-state index contributed by atoms with van der Waals surface area (Å²) < 4.78 is 0. The number of fused-ring (bicyclic) bond motifs is 1. The lowest BCUT2D eigenvalue weighted by Crippen LogP contribution is -2.55. The van der Waals surface area contributed by atoms with Gasteiger partial charge < -0.3 is 14.9 Å². The van der Waals surface area contributed by atoms with Gasteiger partial charge in [-0.1, -0.05) is 6.42 Å². The van der Waals surface area contributed by atoms with E-state index >= 15 is 0 Å².